The van der Waals surface area contributed by atoms with Gasteiger partial charge in [-0.05, 0) is 63.4 Å². The number of pyridine rings is 1. The molecule has 3 heterocycles. The predicted molar refractivity (Wildman–Crippen MR) is 133 cm³/mol. The van der Waals surface area contributed by atoms with Gasteiger partial charge >= 0.3 is 0 Å². The largest absolute Gasteiger partial charge is 0.356 e. The SMILES string of the molecule is N#CCC1CCC(n2c(CC(=O)NCCCC3(C#N)CCCC3)nc3cnc4[nH]ccc4c32)CC1. The molecule has 3 aromatic heterocycles. The second-order valence-electron chi connectivity index (χ2n) is 10.4. The Morgan fingerprint density at radius 3 is 2.77 bits per heavy atom. The Morgan fingerprint density at radius 1 is 1.23 bits per heavy atom. The molecule has 0 aliphatic heterocycles. The van der Waals surface area contributed by atoms with Crippen LogP contribution in [-0.4, -0.2) is 32.0 Å². The summed E-state index contributed by atoms with van der Waals surface area (Å²) in [5.74, 6) is 1.21. The van der Waals surface area contributed by atoms with Gasteiger partial charge in [-0.1, -0.05) is 12.8 Å². The molecule has 2 aliphatic rings. The maximum Gasteiger partial charge on any atom is 0.227 e. The number of fused-ring (bicyclic) bond motifs is 3. The van der Waals surface area contributed by atoms with Gasteiger partial charge in [-0.25, -0.2) is 9.97 Å². The molecule has 2 aliphatic carbocycles. The predicted octanol–water partition coefficient (Wildman–Crippen LogP) is 5.08. The second kappa shape index (κ2) is 10.1. The van der Waals surface area contributed by atoms with Crippen molar-refractivity contribution in [3.05, 3.63) is 24.3 Å². The van der Waals surface area contributed by atoms with Crippen molar-refractivity contribution >= 4 is 28.0 Å². The topological polar surface area (TPSA) is 123 Å². The Balaban J connectivity index is 1.32. The van der Waals surface area contributed by atoms with Crippen LogP contribution in [0.3, 0.4) is 0 Å². The minimum Gasteiger partial charge on any atom is -0.356 e. The van der Waals surface area contributed by atoms with Crippen molar-refractivity contribution in [1.82, 2.24) is 24.8 Å². The van der Waals surface area contributed by atoms with Gasteiger partial charge in [0.1, 0.15) is 17.0 Å². The minimum atomic E-state index is -0.183. The fourth-order valence-corrected chi connectivity index (χ4v) is 6.22. The number of hydrogen-bond acceptors (Lipinski definition) is 5. The first-order valence-corrected chi connectivity index (χ1v) is 13.0. The molecule has 182 valence electrons. The van der Waals surface area contributed by atoms with Crippen LogP contribution in [0.2, 0.25) is 0 Å². The molecule has 3 aromatic rings. The Hall–Kier alpha value is -3.39. The summed E-state index contributed by atoms with van der Waals surface area (Å²) in [7, 11) is 0. The van der Waals surface area contributed by atoms with E-state index in [-0.39, 0.29) is 23.8 Å². The third-order valence-corrected chi connectivity index (χ3v) is 8.14. The highest BCUT2D eigenvalue weighted by atomic mass is 16.1. The average Bonchev–Trinajstić information content (AvgIpc) is 3.61. The molecule has 0 bridgehead atoms. The highest BCUT2D eigenvalue weighted by Crippen LogP contribution is 2.41. The first kappa shape index (κ1) is 23.4. The standard InChI is InChI=1S/C27H33N7O/c28-13-8-19-4-6-20(7-5-19)34-23(33-22-17-32-26-21(25(22)34)9-15-31-26)16-24(35)30-14-3-12-27(18-29)10-1-2-11-27/h9,15,17,19-20H,1-8,10-12,14,16H2,(H,30,35)(H,31,32). The van der Waals surface area contributed by atoms with E-state index >= 15 is 0 Å². The van der Waals surface area contributed by atoms with E-state index in [2.05, 4.69) is 32.0 Å². The molecule has 0 aromatic carbocycles. The van der Waals surface area contributed by atoms with E-state index in [1.807, 2.05) is 12.3 Å². The Bertz CT molecular complexity index is 1280. The Morgan fingerprint density at radius 2 is 2.03 bits per heavy atom. The molecule has 0 saturated heterocycles. The summed E-state index contributed by atoms with van der Waals surface area (Å²) in [6, 6.07) is 7.15. The first-order chi connectivity index (χ1) is 17.1. The van der Waals surface area contributed by atoms with Crippen molar-refractivity contribution in [2.75, 3.05) is 6.54 Å². The van der Waals surface area contributed by atoms with Crippen LogP contribution in [-0.2, 0) is 11.2 Å². The van der Waals surface area contributed by atoms with Crippen LogP contribution in [0, 0.1) is 34.0 Å². The van der Waals surface area contributed by atoms with Crippen LogP contribution in [0.25, 0.3) is 22.1 Å². The van der Waals surface area contributed by atoms with Gasteiger partial charge < -0.3 is 14.9 Å². The van der Waals surface area contributed by atoms with E-state index in [0.29, 0.717) is 18.9 Å². The summed E-state index contributed by atoms with van der Waals surface area (Å²) >= 11 is 0. The van der Waals surface area contributed by atoms with E-state index in [4.69, 9.17) is 10.2 Å². The third-order valence-electron chi connectivity index (χ3n) is 8.14. The molecule has 1 amide bonds. The molecule has 2 N–H and O–H groups in total. The van der Waals surface area contributed by atoms with E-state index in [9.17, 15) is 10.1 Å². The molecule has 0 unspecified atom stereocenters. The van der Waals surface area contributed by atoms with Crippen LogP contribution >= 0.6 is 0 Å². The molecule has 8 nitrogen and oxygen atoms in total. The van der Waals surface area contributed by atoms with Crippen molar-refractivity contribution in [2.24, 2.45) is 11.3 Å². The maximum atomic E-state index is 12.9. The Kier molecular flexibility index (Phi) is 6.72. The van der Waals surface area contributed by atoms with Crippen LogP contribution in [0.5, 0.6) is 0 Å². The molecule has 2 saturated carbocycles. The monoisotopic (exact) mass is 471 g/mol. The van der Waals surface area contributed by atoms with Gasteiger partial charge in [-0.15, -0.1) is 0 Å². The number of carbonyl (C=O) groups excluding carboxylic acids is 1. The van der Waals surface area contributed by atoms with Crippen molar-refractivity contribution in [3.63, 3.8) is 0 Å². The summed E-state index contributed by atoms with van der Waals surface area (Å²) in [6.07, 6.45) is 14.4. The summed E-state index contributed by atoms with van der Waals surface area (Å²) in [4.78, 5) is 25.5. The van der Waals surface area contributed by atoms with Gasteiger partial charge in [0.2, 0.25) is 5.91 Å². The smallest absolute Gasteiger partial charge is 0.227 e. The molecular formula is C27H33N7O. The highest BCUT2D eigenvalue weighted by Gasteiger charge is 2.33. The number of amides is 1. The number of aromatic nitrogens is 4. The number of nitrogens with one attached hydrogen (secondary N) is 2. The summed E-state index contributed by atoms with van der Waals surface area (Å²) in [5, 5.41) is 22.8. The number of nitrogens with zero attached hydrogens (tertiary/aromatic N) is 5. The van der Waals surface area contributed by atoms with Gasteiger partial charge in [0.25, 0.3) is 0 Å². The third kappa shape index (κ3) is 4.75. The number of nitriles is 2. The Labute approximate surface area is 205 Å². The van der Waals surface area contributed by atoms with Crippen molar-refractivity contribution in [3.8, 4) is 12.1 Å². The number of hydrogen-bond donors (Lipinski definition) is 2. The molecule has 0 spiro atoms. The molecular weight excluding hydrogens is 438 g/mol. The fourth-order valence-electron chi connectivity index (χ4n) is 6.22. The zero-order chi connectivity index (χ0) is 24.3. The lowest BCUT2D eigenvalue weighted by Crippen LogP contribution is -2.29. The second-order valence-corrected chi connectivity index (χ2v) is 10.4. The number of rotatable bonds is 8. The lowest BCUT2D eigenvalue weighted by molar-refractivity contribution is -0.120. The highest BCUT2D eigenvalue weighted by molar-refractivity contribution is 6.01. The van der Waals surface area contributed by atoms with E-state index < -0.39 is 0 Å². The zero-order valence-corrected chi connectivity index (χ0v) is 20.2. The van der Waals surface area contributed by atoms with E-state index in [1.54, 1.807) is 6.20 Å². The molecule has 0 radical (unpaired) electrons. The zero-order valence-electron chi connectivity index (χ0n) is 20.2. The van der Waals surface area contributed by atoms with Crippen LogP contribution in [0.1, 0.15) is 82.5 Å². The number of imidazole rings is 1. The van der Waals surface area contributed by atoms with E-state index in [1.165, 1.54) is 0 Å². The summed E-state index contributed by atoms with van der Waals surface area (Å²) in [5.41, 5.74) is 2.50. The molecule has 8 heteroatoms. The van der Waals surface area contributed by atoms with Gasteiger partial charge in [-0.2, -0.15) is 10.5 Å². The van der Waals surface area contributed by atoms with Crippen LogP contribution < -0.4 is 5.32 Å². The minimum absolute atomic E-state index is 0.0320. The van der Waals surface area contributed by atoms with Gasteiger partial charge in [0.05, 0.1) is 35.7 Å². The number of aromatic amines is 1. The maximum absolute atomic E-state index is 12.9. The van der Waals surface area contributed by atoms with Crippen molar-refractivity contribution < 1.29 is 4.79 Å². The lowest BCUT2D eigenvalue weighted by Gasteiger charge is -2.30. The molecule has 35 heavy (non-hydrogen) atoms. The van der Waals surface area contributed by atoms with Crippen molar-refractivity contribution in [1.29, 1.82) is 10.5 Å². The molecule has 5 rings (SSSR count). The van der Waals surface area contributed by atoms with Gasteiger partial charge in [0, 0.05) is 30.6 Å². The fraction of sp³-hybridized carbons (Fsp3) is 0.593. The van der Waals surface area contributed by atoms with Gasteiger partial charge in [-0.3, -0.25) is 4.79 Å². The summed E-state index contributed by atoms with van der Waals surface area (Å²) in [6.45, 7) is 0.589. The molecule has 0 atom stereocenters. The first-order valence-electron chi connectivity index (χ1n) is 13.0. The summed E-state index contributed by atoms with van der Waals surface area (Å²) < 4.78 is 2.28. The van der Waals surface area contributed by atoms with Crippen LogP contribution in [0.4, 0.5) is 0 Å². The normalized spacial score (nSPS) is 21.7. The lowest BCUT2D eigenvalue weighted by atomic mass is 9.83. The number of H-pyrrole nitrogens is 1. The van der Waals surface area contributed by atoms with E-state index in [0.717, 1.165) is 92.1 Å². The number of carbonyl (C=O) groups is 1. The quantitative estimate of drug-likeness (QED) is 0.443. The van der Waals surface area contributed by atoms with Crippen molar-refractivity contribution in [2.45, 2.75) is 83.1 Å². The van der Waals surface area contributed by atoms with Gasteiger partial charge in [0.15, 0.2) is 0 Å². The average molecular weight is 472 g/mol. The molecule has 2 fully saturated rings. The van der Waals surface area contributed by atoms with Crippen LogP contribution in [0.15, 0.2) is 18.5 Å².